The van der Waals surface area contributed by atoms with Gasteiger partial charge in [0, 0.05) is 11.6 Å². The molecule has 2 rings (SSSR count). The summed E-state index contributed by atoms with van der Waals surface area (Å²) in [6, 6.07) is 4.89. The van der Waals surface area contributed by atoms with Gasteiger partial charge in [0.25, 0.3) is 0 Å². The molecule has 0 fully saturated rings. The number of H-pyrrole nitrogens is 1. The molecule has 2 aromatic rings. The van der Waals surface area contributed by atoms with Gasteiger partial charge in [-0.2, -0.15) is 5.10 Å². The molecule has 0 unspecified atom stereocenters. The minimum atomic E-state index is -3.12. The summed E-state index contributed by atoms with van der Waals surface area (Å²) >= 11 is 0. The number of hydrogen-bond acceptors (Lipinski definition) is 3. The van der Waals surface area contributed by atoms with Crippen molar-refractivity contribution in [3.05, 3.63) is 24.4 Å². The fourth-order valence-corrected chi connectivity index (χ4v) is 1.79. The van der Waals surface area contributed by atoms with Crippen LogP contribution in [0.15, 0.2) is 29.3 Å². The van der Waals surface area contributed by atoms with Crippen LogP contribution in [0.25, 0.3) is 10.9 Å². The smallest absolute Gasteiger partial charge is 0.175 e. The summed E-state index contributed by atoms with van der Waals surface area (Å²) in [5, 5.41) is 7.43. The normalized spacial score (nSPS) is 12.1. The Labute approximate surface area is 75.5 Å². The van der Waals surface area contributed by atoms with E-state index in [0.717, 1.165) is 10.9 Å². The van der Waals surface area contributed by atoms with Crippen LogP contribution in [0.5, 0.6) is 0 Å². The molecule has 5 heteroatoms. The topological polar surface area (TPSA) is 62.8 Å². The molecule has 4 nitrogen and oxygen atoms in total. The number of rotatable bonds is 1. The van der Waals surface area contributed by atoms with Gasteiger partial charge in [-0.3, -0.25) is 5.10 Å². The Kier molecular flexibility index (Phi) is 1.63. The van der Waals surface area contributed by atoms with Gasteiger partial charge in [-0.1, -0.05) is 0 Å². The predicted molar refractivity (Wildman–Crippen MR) is 49.2 cm³/mol. The molecular formula is C8H8N2O2S. The molecule has 68 valence electrons. The Morgan fingerprint density at radius 1 is 1.38 bits per heavy atom. The molecule has 0 radical (unpaired) electrons. The van der Waals surface area contributed by atoms with E-state index < -0.39 is 9.84 Å². The SMILES string of the molecule is CS(=O)(=O)c1ccc2cn[nH]c2c1. The van der Waals surface area contributed by atoms with Crippen LogP contribution in [-0.2, 0) is 9.84 Å². The fourth-order valence-electron chi connectivity index (χ4n) is 1.15. The highest BCUT2D eigenvalue weighted by Gasteiger charge is 2.07. The minimum Gasteiger partial charge on any atom is -0.278 e. The lowest BCUT2D eigenvalue weighted by Crippen LogP contribution is -1.95. The molecule has 0 saturated heterocycles. The number of aromatic nitrogens is 2. The second-order valence-electron chi connectivity index (χ2n) is 2.89. The predicted octanol–water partition coefficient (Wildman–Crippen LogP) is 0.966. The van der Waals surface area contributed by atoms with Crippen LogP contribution < -0.4 is 0 Å². The molecule has 1 N–H and O–H groups in total. The average Bonchev–Trinajstić information content (AvgIpc) is 2.47. The maximum absolute atomic E-state index is 11.2. The number of sulfone groups is 1. The zero-order valence-corrected chi connectivity index (χ0v) is 7.80. The first-order chi connectivity index (χ1) is 6.07. The molecular weight excluding hydrogens is 188 g/mol. The van der Waals surface area contributed by atoms with Gasteiger partial charge in [-0.05, 0) is 18.2 Å². The maximum Gasteiger partial charge on any atom is 0.175 e. The summed E-state index contributed by atoms with van der Waals surface area (Å²) in [5.74, 6) is 0. The van der Waals surface area contributed by atoms with E-state index in [1.165, 1.54) is 6.26 Å². The molecule has 13 heavy (non-hydrogen) atoms. The van der Waals surface area contributed by atoms with E-state index in [4.69, 9.17) is 0 Å². The molecule has 0 aliphatic heterocycles. The largest absolute Gasteiger partial charge is 0.278 e. The van der Waals surface area contributed by atoms with Crippen LogP contribution in [0.2, 0.25) is 0 Å². The van der Waals surface area contributed by atoms with Gasteiger partial charge in [0.15, 0.2) is 9.84 Å². The molecule has 0 bridgehead atoms. The number of hydrogen-bond donors (Lipinski definition) is 1. The quantitative estimate of drug-likeness (QED) is 0.739. The maximum atomic E-state index is 11.2. The summed E-state index contributed by atoms with van der Waals surface area (Å²) in [4.78, 5) is 0.309. The van der Waals surface area contributed by atoms with Gasteiger partial charge in [-0.25, -0.2) is 8.42 Å². The molecule has 0 spiro atoms. The highest BCUT2D eigenvalue weighted by atomic mass is 32.2. The van der Waals surface area contributed by atoms with Gasteiger partial charge in [0.1, 0.15) is 0 Å². The van der Waals surface area contributed by atoms with Crippen LogP contribution in [-0.4, -0.2) is 24.9 Å². The van der Waals surface area contributed by atoms with Crippen LogP contribution in [0.1, 0.15) is 0 Å². The van der Waals surface area contributed by atoms with Crippen LogP contribution in [0.4, 0.5) is 0 Å². The summed E-state index contributed by atoms with van der Waals surface area (Å²) in [6.07, 6.45) is 2.84. The van der Waals surface area contributed by atoms with Crippen molar-refractivity contribution in [3.63, 3.8) is 0 Å². The van der Waals surface area contributed by atoms with E-state index in [9.17, 15) is 8.42 Å². The van der Waals surface area contributed by atoms with E-state index in [-0.39, 0.29) is 0 Å². The summed E-state index contributed by atoms with van der Waals surface area (Å²) in [6.45, 7) is 0. The summed E-state index contributed by atoms with van der Waals surface area (Å²) in [5.41, 5.74) is 0.739. The molecule has 0 aliphatic rings. The molecule has 0 atom stereocenters. The number of fused-ring (bicyclic) bond motifs is 1. The van der Waals surface area contributed by atoms with E-state index in [0.29, 0.717) is 4.90 Å². The Hall–Kier alpha value is -1.36. The van der Waals surface area contributed by atoms with Gasteiger partial charge in [-0.15, -0.1) is 0 Å². The Morgan fingerprint density at radius 3 is 2.85 bits per heavy atom. The zero-order chi connectivity index (χ0) is 9.47. The van der Waals surface area contributed by atoms with Crippen molar-refractivity contribution >= 4 is 20.7 Å². The second-order valence-corrected chi connectivity index (χ2v) is 4.91. The van der Waals surface area contributed by atoms with Gasteiger partial charge >= 0.3 is 0 Å². The van der Waals surface area contributed by atoms with E-state index in [2.05, 4.69) is 10.2 Å². The lowest BCUT2D eigenvalue weighted by molar-refractivity contribution is 0.602. The number of nitrogens with zero attached hydrogens (tertiary/aromatic N) is 1. The number of benzene rings is 1. The molecule has 0 aliphatic carbocycles. The molecule has 1 aromatic heterocycles. The third-order valence-electron chi connectivity index (χ3n) is 1.84. The van der Waals surface area contributed by atoms with Crippen LogP contribution in [0.3, 0.4) is 0 Å². The lowest BCUT2D eigenvalue weighted by Gasteiger charge is -1.96. The first kappa shape index (κ1) is 8.25. The lowest BCUT2D eigenvalue weighted by atomic mass is 10.3. The first-order valence-electron chi connectivity index (χ1n) is 3.70. The van der Waals surface area contributed by atoms with Crippen LogP contribution >= 0.6 is 0 Å². The number of aromatic amines is 1. The van der Waals surface area contributed by atoms with E-state index >= 15 is 0 Å². The Morgan fingerprint density at radius 2 is 2.15 bits per heavy atom. The zero-order valence-electron chi connectivity index (χ0n) is 6.98. The fraction of sp³-hybridized carbons (Fsp3) is 0.125. The van der Waals surface area contributed by atoms with Gasteiger partial charge in [0.2, 0.25) is 0 Å². The van der Waals surface area contributed by atoms with Crippen molar-refractivity contribution in [3.8, 4) is 0 Å². The highest BCUT2D eigenvalue weighted by Crippen LogP contribution is 2.16. The Bertz CT molecular complexity index is 542. The van der Waals surface area contributed by atoms with Gasteiger partial charge in [0.05, 0.1) is 16.6 Å². The van der Waals surface area contributed by atoms with Crippen molar-refractivity contribution in [1.29, 1.82) is 0 Å². The average molecular weight is 196 g/mol. The molecule has 1 heterocycles. The van der Waals surface area contributed by atoms with E-state index in [1.54, 1.807) is 24.4 Å². The standard InChI is InChI=1S/C8H8N2O2S/c1-13(11,12)7-3-2-6-5-9-10-8(6)4-7/h2-5H,1H3,(H,9,10). The summed E-state index contributed by atoms with van der Waals surface area (Å²) in [7, 11) is -3.12. The second kappa shape index (κ2) is 2.56. The summed E-state index contributed by atoms with van der Waals surface area (Å²) < 4.78 is 22.3. The van der Waals surface area contributed by atoms with Crippen molar-refractivity contribution in [2.75, 3.05) is 6.26 Å². The van der Waals surface area contributed by atoms with Gasteiger partial charge < -0.3 is 0 Å². The third-order valence-corrected chi connectivity index (χ3v) is 2.95. The third kappa shape index (κ3) is 1.42. The molecule has 1 aromatic carbocycles. The monoisotopic (exact) mass is 196 g/mol. The van der Waals surface area contributed by atoms with E-state index in [1.807, 2.05) is 0 Å². The molecule has 0 amide bonds. The minimum absolute atomic E-state index is 0.309. The highest BCUT2D eigenvalue weighted by molar-refractivity contribution is 7.90. The number of nitrogens with one attached hydrogen (secondary N) is 1. The van der Waals surface area contributed by atoms with Crippen molar-refractivity contribution < 1.29 is 8.42 Å². The van der Waals surface area contributed by atoms with Crippen molar-refractivity contribution in [1.82, 2.24) is 10.2 Å². The van der Waals surface area contributed by atoms with Crippen molar-refractivity contribution in [2.45, 2.75) is 4.90 Å². The molecule has 0 saturated carbocycles. The Balaban J connectivity index is 2.75. The van der Waals surface area contributed by atoms with Crippen LogP contribution in [0, 0.1) is 0 Å². The first-order valence-corrected chi connectivity index (χ1v) is 5.60. The van der Waals surface area contributed by atoms with Crippen molar-refractivity contribution in [2.24, 2.45) is 0 Å².